The van der Waals surface area contributed by atoms with E-state index in [0.717, 1.165) is 11.1 Å². The number of aromatic hydroxyl groups is 1. The van der Waals surface area contributed by atoms with Crippen molar-refractivity contribution < 1.29 is 24.5 Å². The van der Waals surface area contributed by atoms with Gasteiger partial charge in [0.1, 0.15) is 11.3 Å². The number of carboxylic acids is 1. The number of carbonyl (C=O) groups is 2. The minimum absolute atomic E-state index is 0.0644. The maximum atomic E-state index is 11.8. The molecule has 0 saturated heterocycles. The number of phenols is 1. The van der Waals surface area contributed by atoms with Gasteiger partial charge < -0.3 is 14.9 Å². The van der Waals surface area contributed by atoms with Crippen LogP contribution < -0.4 is 0 Å². The quantitative estimate of drug-likeness (QED) is 0.261. The van der Waals surface area contributed by atoms with Crippen LogP contribution in [0.2, 0.25) is 10.0 Å². The molecule has 7 heteroatoms. The molecule has 2 N–H and O–H groups in total. The number of ether oxygens (including phenoxy) is 1. The van der Waals surface area contributed by atoms with Crippen LogP contribution >= 0.6 is 23.2 Å². The summed E-state index contributed by atoms with van der Waals surface area (Å²) in [4.78, 5) is 23.2. The summed E-state index contributed by atoms with van der Waals surface area (Å²) in [6, 6.07) is 8.44. The van der Waals surface area contributed by atoms with Crippen LogP contribution in [0.4, 0.5) is 0 Å². The zero-order valence-electron chi connectivity index (χ0n) is 16.3. The van der Waals surface area contributed by atoms with Gasteiger partial charge in [0.15, 0.2) is 0 Å². The van der Waals surface area contributed by atoms with E-state index in [9.17, 15) is 19.8 Å². The first-order valence-corrected chi connectivity index (χ1v) is 9.81. The molecule has 0 saturated carbocycles. The molecule has 0 aliphatic heterocycles. The van der Waals surface area contributed by atoms with Crippen LogP contribution in [-0.4, -0.2) is 28.8 Å². The van der Waals surface area contributed by atoms with Gasteiger partial charge in [-0.25, -0.2) is 9.59 Å². The van der Waals surface area contributed by atoms with Gasteiger partial charge in [-0.2, -0.15) is 0 Å². The molecule has 29 heavy (non-hydrogen) atoms. The van der Waals surface area contributed by atoms with Crippen molar-refractivity contribution in [3.05, 3.63) is 68.2 Å². The molecule has 0 unspecified atom stereocenters. The molecule has 0 aliphatic rings. The number of phenolic OH excluding ortho intramolecular Hbond substituents is 1. The fourth-order valence-electron chi connectivity index (χ4n) is 2.84. The lowest BCUT2D eigenvalue weighted by atomic mass is 9.96. The number of aliphatic carboxylic acids is 1. The molecular formula is C22H22Cl2O5. The van der Waals surface area contributed by atoms with Crippen LogP contribution in [0.5, 0.6) is 5.75 Å². The number of carbonyl (C=O) groups excluding carboxylic acids is 1. The van der Waals surface area contributed by atoms with Gasteiger partial charge in [-0.05, 0) is 59.4 Å². The second-order valence-electron chi connectivity index (χ2n) is 6.77. The zero-order valence-corrected chi connectivity index (χ0v) is 17.8. The highest BCUT2D eigenvalue weighted by atomic mass is 35.5. The number of hydrogen-bond acceptors (Lipinski definition) is 4. The Morgan fingerprint density at radius 2 is 1.76 bits per heavy atom. The third-order valence-corrected chi connectivity index (χ3v) is 4.97. The highest BCUT2D eigenvalue weighted by Gasteiger charge is 2.19. The topological polar surface area (TPSA) is 83.8 Å². The number of hydrogen-bond donors (Lipinski definition) is 2. The van der Waals surface area contributed by atoms with E-state index >= 15 is 0 Å². The Hall–Kier alpha value is -2.50. The molecule has 0 aromatic heterocycles. The second kappa shape index (κ2) is 9.81. The first-order chi connectivity index (χ1) is 13.6. The zero-order chi connectivity index (χ0) is 21.7. The van der Waals surface area contributed by atoms with Gasteiger partial charge in [0, 0.05) is 16.5 Å². The standard InChI is InChI=1S/C22H22Cl2O5/c1-4-29-22(28)17(21(26)27)9-14-10-18(23)16(19(24)11-14)8-13-5-6-20(25)15(7-13)12(2)3/h5-7,9-12,25H,4,8H2,1-3H3,(H,26,27). The van der Waals surface area contributed by atoms with Crippen molar-refractivity contribution in [3.63, 3.8) is 0 Å². The maximum absolute atomic E-state index is 11.8. The Kier molecular flexibility index (Phi) is 7.71. The number of benzene rings is 2. The van der Waals surface area contributed by atoms with Gasteiger partial charge in [0.25, 0.3) is 0 Å². The van der Waals surface area contributed by atoms with Crippen molar-refractivity contribution in [1.29, 1.82) is 0 Å². The highest BCUT2D eigenvalue weighted by molar-refractivity contribution is 6.36. The lowest BCUT2D eigenvalue weighted by Gasteiger charge is -2.13. The summed E-state index contributed by atoms with van der Waals surface area (Å²) in [5.41, 5.74) is 2.29. The predicted molar refractivity (Wildman–Crippen MR) is 114 cm³/mol. The molecule has 0 spiro atoms. The van der Waals surface area contributed by atoms with Gasteiger partial charge >= 0.3 is 11.9 Å². The Labute approximate surface area is 179 Å². The van der Waals surface area contributed by atoms with E-state index in [1.165, 1.54) is 6.08 Å². The maximum Gasteiger partial charge on any atom is 0.345 e. The third-order valence-electron chi connectivity index (χ3n) is 4.29. The largest absolute Gasteiger partial charge is 0.508 e. The van der Waals surface area contributed by atoms with Crippen LogP contribution in [0.3, 0.4) is 0 Å². The average molecular weight is 437 g/mol. The van der Waals surface area contributed by atoms with Crippen molar-refractivity contribution in [2.75, 3.05) is 6.61 Å². The molecule has 2 aromatic rings. The summed E-state index contributed by atoms with van der Waals surface area (Å²) in [5.74, 6) is -1.93. The highest BCUT2D eigenvalue weighted by Crippen LogP contribution is 2.32. The van der Waals surface area contributed by atoms with Gasteiger partial charge in [-0.15, -0.1) is 0 Å². The van der Waals surface area contributed by atoms with Gasteiger partial charge in [-0.3, -0.25) is 0 Å². The van der Waals surface area contributed by atoms with Gasteiger partial charge in [-0.1, -0.05) is 49.2 Å². The molecule has 0 amide bonds. The molecule has 0 atom stereocenters. The minimum Gasteiger partial charge on any atom is -0.508 e. The van der Waals surface area contributed by atoms with E-state index in [-0.39, 0.29) is 18.3 Å². The van der Waals surface area contributed by atoms with Crippen molar-refractivity contribution in [3.8, 4) is 5.75 Å². The van der Waals surface area contributed by atoms with Crippen molar-refractivity contribution in [1.82, 2.24) is 0 Å². The van der Waals surface area contributed by atoms with E-state index < -0.39 is 17.5 Å². The molecule has 0 fully saturated rings. The van der Waals surface area contributed by atoms with E-state index in [4.69, 9.17) is 27.9 Å². The molecule has 0 radical (unpaired) electrons. The lowest BCUT2D eigenvalue weighted by molar-refractivity contribution is -0.143. The molecule has 0 aliphatic carbocycles. The van der Waals surface area contributed by atoms with Crippen LogP contribution in [0.25, 0.3) is 6.08 Å². The normalized spacial score (nSPS) is 11.6. The fourth-order valence-corrected chi connectivity index (χ4v) is 3.48. The smallest absolute Gasteiger partial charge is 0.345 e. The first kappa shape index (κ1) is 22.8. The van der Waals surface area contributed by atoms with Crippen LogP contribution in [-0.2, 0) is 20.7 Å². The summed E-state index contributed by atoms with van der Waals surface area (Å²) in [5, 5.41) is 19.9. The summed E-state index contributed by atoms with van der Waals surface area (Å²) in [6.07, 6.45) is 1.62. The molecule has 5 nitrogen and oxygen atoms in total. The molecule has 0 heterocycles. The fraction of sp³-hybridized carbons (Fsp3) is 0.273. The number of carboxylic acid groups (broad SMARTS) is 1. The van der Waals surface area contributed by atoms with E-state index in [0.29, 0.717) is 27.6 Å². The van der Waals surface area contributed by atoms with E-state index in [1.54, 1.807) is 31.2 Å². The summed E-state index contributed by atoms with van der Waals surface area (Å²) < 4.78 is 4.77. The Balaban J connectivity index is 2.39. The minimum atomic E-state index is -1.40. The summed E-state index contributed by atoms with van der Waals surface area (Å²) in [7, 11) is 0. The van der Waals surface area contributed by atoms with Crippen LogP contribution in [0.15, 0.2) is 35.9 Å². The number of esters is 1. The summed E-state index contributed by atoms with van der Waals surface area (Å²) >= 11 is 12.8. The van der Waals surface area contributed by atoms with Crippen molar-refractivity contribution in [2.24, 2.45) is 0 Å². The van der Waals surface area contributed by atoms with Gasteiger partial charge in [0.05, 0.1) is 6.61 Å². The second-order valence-corrected chi connectivity index (χ2v) is 7.59. The van der Waals surface area contributed by atoms with Crippen molar-refractivity contribution in [2.45, 2.75) is 33.1 Å². The molecular weight excluding hydrogens is 415 g/mol. The van der Waals surface area contributed by atoms with Crippen LogP contribution in [0, 0.1) is 0 Å². The first-order valence-electron chi connectivity index (χ1n) is 9.05. The average Bonchev–Trinajstić information content (AvgIpc) is 2.63. The third kappa shape index (κ3) is 5.75. The van der Waals surface area contributed by atoms with Crippen molar-refractivity contribution >= 4 is 41.2 Å². The van der Waals surface area contributed by atoms with Gasteiger partial charge in [0.2, 0.25) is 0 Å². The number of rotatable bonds is 7. The Morgan fingerprint density at radius 3 is 2.28 bits per heavy atom. The Morgan fingerprint density at radius 1 is 1.14 bits per heavy atom. The number of halogens is 2. The molecule has 154 valence electrons. The van der Waals surface area contributed by atoms with E-state index in [2.05, 4.69) is 0 Å². The Bertz CT molecular complexity index is 941. The monoisotopic (exact) mass is 436 g/mol. The van der Waals surface area contributed by atoms with E-state index in [1.807, 2.05) is 19.9 Å². The van der Waals surface area contributed by atoms with Crippen LogP contribution in [0.1, 0.15) is 48.9 Å². The molecule has 2 rings (SSSR count). The predicted octanol–water partition coefficient (Wildman–Crippen LogP) is 5.44. The lowest BCUT2D eigenvalue weighted by Crippen LogP contribution is -2.15. The molecule has 0 bridgehead atoms. The SMILES string of the molecule is CCOC(=O)C(=Cc1cc(Cl)c(Cc2ccc(O)c(C(C)C)c2)c(Cl)c1)C(=O)O. The molecule has 2 aromatic carbocycles. The summed E-state index contributed by atoms with van der Waals surface area (Å²) in [6.45, 7) is 5.63.